The van der Waals surface area contributed by atoms with Crippen molar-refractivity contribution < 1.29 is 20.4 Å². The predicted molar refractivity (Wildman–Crippen MR) is 72.5 cm³/mol. The van der Waals surface area contributed by atoms with Gasteiger partial charge < -0.3 is 20.4 Å². The highest BCUT2D eigenvalue weighted by atomic mass is 16.4. The smallest absolute Gasteiger partial charge is 0.119 e. The molecular weight excluding hydrogens is 244 g/mol. The first kappa shape index (κ1) is 15.0. The third-order valence-electron chi connectivity index (χ3n) is 5.51. The molecule has 0 unspecified atom stereocenters. The molecule has 0 spiro atoms. The van der Waals surface area contributed by atoms with Crippen LogP contribution in [0, 0.1) is 11.3 Å². The minimum absolute atomic E-state index is 0.294. The van der Waals surface area contributed by atoms with Gasteiger partial charge in [0.05, 0.1) is 17.8 Å². The van der Waals surface area contributed by atoms with Gasteiger partial charge in [0, 0.05) is 11.3 Å². The average molecular weight is 270 g/mol. The molecule has 2 fully saturated rings. The third-order valence-corrected chi connectivity index (χ3v) is 5.51. The number of aliphatic hydroxyl groups excluding tert-OH is 2. The third kappa shape index (κ3) is 1.97. The SMILES string of the molecule is C=C1[C@H](O)CC[C@@]2(C)CC[C@H](C(C)(C)O)[C@H](O)[C@]12O. The zero-order chi connectivity index (χ0) is 14.6. The molecule has 5 atom stereocenters. The molecule has 4 heteroatoms. The monoisotopic (exact) mass is 270 g/mol. The van der Waals surface area contributed by atoms with Crippen molar-refractivity contribution in [3.63, 3.8) is 0 Å². The molecule has 0 aromatic carbocycles. The van der Waals surface area contributed by atoms with Crippen LogP contribution in [-0.2, 0) is 0 Å². The molecule has 0 saturated heterocycles. The van der Waals surface area contributed by atoms with E-state index in [1.54, 1.807) is 13.8 Å². The molecule has 0 radical (unpaired) electrons. The Hall–Kier alpha value is -0.420. The van der Waals surface area contributed by atoms with E-state index >= 15 is 0 Å². The molecule has 0 bridgehead atoms. The van der Waals surface area contributed by atoms with Gasteiger partial charge in [0.15, 0.2) is 0 Å². The van der Waals surface area contributed by atoms with Gasteiger partial charge in [0.25, 0.3) is 0 Å². The molecule has 2 rings (SSSR count). The molecule has 0 aromatic heterocycles. The van der Waals surface area contributed by atoms with E-state index in [-0.39, 0.29) is 0 Å². The van der Waals surface area contributed by atoms with Crippen LogP contribution in [-0.4, -0.2) is 43.8 Å². The molecule has 0 aromatic rings. The highest BCUT2D eigenvalue weighted by Gasteiger charge is 2.62. The van der Waals surface area contributed by atoms with Crippen molar-refractivity contribution in [2.75, 3.05) is 0 Å². The quantitative estimate of drug-likeness (QED) is 0.535. The number of rotatable bonds is 1. The molecule has 0 aliphatic heterocycles. The van der Waals surface area contributed by atoms with E-state index in [0.29, 0.717) is 31.3 Å². The fourth-order valence-electron chi connectivity index (χ4n) is 3.99. The Labute approximate surface area is 114 Å². The number of fused-ring (bicyclic) bond motifs is 1. The highest BCUT2D eigenvalue weighted by molar-refractivity contribution is 5.30. The summed E-state index contributed by atoms with van der Waals surface area (Å²) in [7, 11) is 0. The zero-order valence-corrected chi connectivity index (χ0v) is 12.1. The first-order chi connectivity index (χ1) is 8.54. The first-order valence-electron chi connectivity index (χ1n) is 7.04. The number of hydrogen-bond acceptors (Lipinski definition) is 4. The van der Waals surface area contributed by atoms with E-state index in [4.69, 9.17) is 0 Å². The molecule has 4 nitrogen and oxygen atoms in total. The summed E-state index contributed by atoms with van der Waals surface area (Å²) in [6.07, 6.45) is 0.701. The van der Waals surface area contributed by atoms with E-state index in [9.17, 15) is 20.4 Å². The van der Waals surface area contributed by atoms with E-state index in [1.165, 1.54) is 0 Å². The van der Waals surface area contributed by atoms with Crippen LogP contribution in [0.3, 0.4) is 0 Å². The molecule has 4 N–H and O–H groups in total. The van der Waals surface area contributed by atoms with Gasteiger partial charge in [0.1, 0.15) is 5.60 Å². The summed E-state index contributed by atoms with van der Waals surface area (Å²) in [6, 6.07) is 0. The number of hydrogen-bond donors (Lipinski definition) is 4. The second-order valence-electron chi connectivity index (χ2n) is 7.15. The Bertz CT molecular complexity index is 386. The fraction of sp³-hybridized carbons (Fsp3) is 0.867. The second-order valence-corrected chi connectivity index (χ2v) is 7.15. The molecule has 2 saturated carbocycles. The van der Waals surface area contributed by atoms with Crippen molar-refractivity contribution in [1.82, 2.24) is 0 Å². The Balaban J connectivity index is 2.43. The van der Waals surface area contributed by atoms with Gasteiger partial charge in [-0.2, -0.15) is 0 Å². The molecular formula is C15H26O4. The molecule has 19 heavy (non-hydrogen) atoms. The lowest BCUT2D eigenvalue weighted by molar-refractivity contribution is -0.221. The Morgan fingerprint density at radius 1 is 1.21 bits per heavy atom. The lowest BCUT2D eigenvalue weighted by Gasteiger charge is -2.59. The second kappa shape index (κ2) is 4.29. The summed E-state index contributed by atoms with van der Waals surface area (Å²) in [6.45, 7) is 9.06. The lowest BCUT2D eigenvalue weighted by Crippen LogP contribution is -2.67. The van der Waals surface area contributed by atoms with E-state index in [0.717, 1.165) is 0 Å². The van der Waals surface area contributed by atoms with Crippen molar-refractivity contribution in [1.29, 1.82) is 0 Å². The normalized spacial score (nSPS) is 47.9. The highest BCUT2D eigenvalue weighted by Crippen LogP contribution is 2.57. The van der Waals surface area contributed by atoms with E-state index in [2.05, 4.69) is 6.58 Å². The van der Waals surface area contributed by atoms with Crippen LogP contribution in [0.15, 0.2) is 12.2 Å². The van der Waals surface area contributed by atoms with Crippen LogP contribution < -0.4 is 0 Å². The van der Waals surface area contributed by atoms with Gasteiger partial charge in [-0.25, -0.2) is 0 Å². The number of aliphatic hydroxyl groups is 4. The largest absolute Gasteiger partial charge is 0.390 e. The summed E-state index contributed by atoms with van der Waals surface area (Å²) in [5.74, 6) is -0.423. The predicted octanol–water partition coefficient (Wildman–Crippen LogP) is 0.976. The molecule has 0 amide bonds. The topological polar surface area (TPSA) is 80.9 Å². The van der Waals surface area contributed by atoms with Gasteiger partial charge in [0.2, 0.25) is 0 Å². The lowest BCUT2D eigenvalue weighted by atomic mass is 9.50. The van der Waals surface area contributed by atoms with Gasteiger partial charge >= 0.3 is 0 Å². The molecule has 0 heterocycles. The summed E-state index contributed by atoms with van der Waals surface area (Å²) in [4.78, 5) is 0. The minimum Gasteiger partial charge on any atom is -0.390 e. The minimum atomic E-state index is -1.52. The van der Waals surface area contributed by atoms with Crippen molar-refractivity contribution in [3.8, 4) is 0 Å². The maximum absolute atomic E-state index is 11.1. The van der Waals surface area contributed by atoms with Crippen LogP contribution in [0.4, 0.5) is 0 Å². The fourth-order valence-corrected chi connectivity index (χ4v) is 3.99. The van der Waals surface area contributed by atoms with Crippen molar-refractivity contribution in [2.24, 2.45) is 11.3 Å². The van der Waals surface area contributed by atoms with E-state index < -0.39 is 34.7 Å². The summed E-state index contributed by atoms with van der Waals surface area (Å²) < 4.78 is 0. The summed E-state index contributed by atoms with van der Waals surface area (Å²) >= 11 is 0. The van der Waals surface area contributed by atoms with E-state index in [1.807, 2.05) is 6.92 Å². The maximum Gasteiger partial charge on any atom is 0.119 e. The van der Waals surface area contributed by atoms with Gasteiger partial charge in [-0.1, -0.05) is 13.5 Å². The Morgan fingerprint density at radius 3 is 2.26 bits per heavy atom. The average Bonchev–Trinajstić information content (AvgIpc) is 2.29. The van der Waals surface area contributed by atoms with Crippen LogP contribution in [0.2, 0.25) is 0 Å². The Kier molecular flexibility index (Phi) is 3.38. The molecule has 2 aliphatic carbocycles. The zero-order valence-electron chi connectivity index (χ0n) is 12.1. The first-order valence-corrected chi connectivity index (χ1v) is 7.04. The standard InChI is InChI=1S/C15H26O4/c1-9-11(16)6-8-14(4)7-5-10(13(2,3)18)12(17)15(9,14)19/h10-12,16-19H,1,5-8H2,2-4H3/t10-,11+,12-,14+,15+/m0/s1. The van der Waals surface area contributed by atoms with Gasteiger partial charge in [-0.05, 0) is 45.1 Å². The Morgan fingerprint density at radius 2 is 1.74 bits per heavy atom. The van der Waals surface area contributed by atoms with Gasteiger partial charge in [-0.15, -0.1) is 0 Å². The maximum atomic E-state index is 11.1. The van der Waals surface area contributed by atoms with Crippen LogP contribution in [0.1, 0.15) is 46.5 Å². The van der Waals surface area contributed by atoms with Crippen molar-refractivity contribution in [3.05, 3.63) is 12.2 Å². The van der Waals surface area contributed by atoms with Crippen LogP contribution >= 0.6 is 0 Å². The molecule has 2 aliphatic rings. The van der Waals surface area contributed by atoms with Gasteiger partial charge in [-0.3, -0.25) is 0 Å². The summed E-state index contributed by atoms with van der Waals surface area (Å²) in [5, 5.41) is 41.9. The molecule has 110 valence electrons. The summed E-state index contributed by atoms with van der Waals surface area (Å²) in [5.41, 5.74) is -2.78. The van der Waals surface area contributed by atoms with Crippen LogP contribution in [0.25, 0.3) is 0 Å². The van der Waals surface area contributed by atoms with Crippen LogP contribution in [0.5, 0.6) is 0 Å². The van der Waals surface area contributed by atoms with Crippen molar-refractivity contribution in [2.45, 2.75) is 69.9 Å². The van der Waals surface area contributed by atoms with Crippen molar-refractivity contribution >= 4 is 0 Å².